The Morgan fingerprint density at radius 1 is 1.08 bits per heavy atom. The fourth-order valence-corrected chi connectivity index (χ4v) is 3.41. The van der Waals surface area contributed by atoms with Gasteiger partial charge in [-0.15, -0.1) is 0 Å². The van der Waals surface area contributed by atoms with E-state index >= 15 is 0 Å². The van der Waals surface area contributed by atoms with E-state index < -0.39 is 6.10 Å². The first-order chi connectivity index (χ1) is 12.7. The number of fused-ring (bicyclic) bond motifs is 1. The van der Waals surface area contributed by atoms with Gasteiger partial charge in [-0.05, 0) is 23.1 Å². The molecule has 132 valence electrons. The lowest BCUT2D eigenvalue weighted by Gasteiger charge is -2.22. The molecule has 26 heavy (non-hydrogen) atoms. The van der Waals surface area contributed by atoms with Crippen LogP contribution in [-0.4, -0.2) is 21.4 Å². The van der Waals surface area contributed by atoms with Gasteiger partial charge in [0.15, 0.2) is 0 Å². The molecule has 0 bridgehead atoms. The third kappa shape index (κ3) is 3.39. The molecule has 0 saturated heterocycles. The predicted octanol–water partition coefficient (Wildman–Crippen LogP) is 2.74. The number of aliphatic hydroxyl groups excluding tert-OH is 1. The second-order valence-corrected chi connectivity index (χ2v) is 6.62. The maximum Gasteiger partial charge on any atom is 0.269 e. The lowest BCUT2D eigenvalue weighted by atomic mass is 10.0. The van der Waals surface area contributed by atoms with E-state index in [-0.39, 0.29) is 5.56 Å². The summed E-state index contributed by atoms with van der Waals surface area (Å²) < 4.78 is 1.47. The molecule has 1 aliphatic rings. The molecular weight excluding hydrogens is 326 g/mol. The van der Waals surface area contributed by atoms with Gasteiger partial charge in [-0.2, -0.15) is 5.10 Å². The smallest absolute Gasteiger partial charge is 0.269 e. The minimum absolute atomic E-state index is 0.121. The summed E-state index contributed by atoms with van der Waals surface area (Å²) in [5.74, 6) is 0. The van der Waals surface area contributed by atoms with Gasteiger partial charge < -0.3 is 10.0 Å². The summed E-state index contributed by atoms with van der Waals surface area (Å²) in [7, 11) is 0. The molecule has 1 N–H and O–H groups in total. The molecule has 1 aliphatic heterocycles. The molecule has 0 aliphatic carbocycles. The van der Waals surface area contributed by atoms with Crippen LogP contribution in [0.3, 0.4) is 0 Å². The highest BCUT2D eigenvalue weighted by Gasteiger charge is 2.21. The lowest BCUT2D eigenvalue weighted by Crippen LogP contribution is -2.28. The third-order valence-corrected chi connectivity index (χ3v) is 4.84. The van der Waals surface area contributed by atoms with Gasteiger partial charge >= 0.3 is 0 Å². The van der Waals surface area contributed by atoms with E-state index in [9.17, 15) is 9.90 Å². The van der Waals surface area contributed by atoms with E-state index in [1.807, 2.05) is 54.6 Å². The van der Waals surface area contributed by atoms with Crippen LogP contribution in [0.5, 0.6) is 0 Å². The molecule has 0 spiro atoms. The van der Waals surface area contributed by atoms with Gasteiger partial charge in [0, 0.05) is 19.2 Å². The molecule has 0 fully saturated rings. The van der Waals surface area contributed by atoms with Crippen LogP contribution < -0.4 is 10.5 Å². The normalized spacial score (nSPS) is 16.8. The van der Waals surface area contributed by atoms with Gasteiger partial charge in [0.25, 0.3) is 5.56 Å². The highest BCUT2D eigenvalue weighted by molar-refractivity contribution is 5.46. The second-order valence-electron chi connectivity index (χ2n) is 6.62. The van der Waals surface area contributed by atoms with Crippen LogP contribution in [0.4, 0.5) is 5.69 Å². The Balaban J connectivity index is 1.59. The number of rotatable bonds is 3. The summed E-state index contributed by atoms with van der Waals surface area (Å²) in [6, 6.07) is 19.4. The Kier molecular flexibility index (Phi) is 4.54. The number of anilines is 1. The Labute approximate surface area is 152 Å². The van der Waals surface area contributed by atoms with Crippen LogP contribution in [0.25, 0.3) is 0 Å². The Hall–Kier alpha value is -2.92. The minimum Gasteiger partial charge on any atom is -0.388 e. The van der Waals surface area contributed by atoms with Crippen molar-refractivity contribution in [1.29, 1.82) is 0 Å². The fraction of sp³-hybridized carbons (Fsp3) is 0.238. The maximum atomic E-state index is 12.5. The van der Waals surface area contributed by atoms with Crippen LogP contribution in [0.2, 0.25) is 0 Å². The number of hydrogen-bond donors (Lipinski definition) is 1. The summed E-state index contributed by atoms with van der Waals surface area (Å²) in [5, 5.41) is 14.7. The molecule has 1 aromatic heterocycles. The van der Waals surface area contributed by atoms with Crippen LogP contribution in [0.15, 0.2) is 71.7 Å². The van der Waals surface area contributed by atoms with Crippen molar-refractivity contribution >= 4 is 5.69 Å². The monoisotopic (exact) mass is 347 g/mol. The quantitative estimate of drug-likeness (QED) is 0.791. The summed E-state index contributed by atoms with van der Waals surface area (Å²) in [4.78, 5) is 14.6. The minimum atomic E-state index is -0.470. The van der Waals surface area contributed by atoms with Crippen LogP contribution >= 0.6 is 0 Å². The van der Waals surface area contributed by atoms with Gasteiger partial charge in [-0.1, -0.05) is 54.6 Å². The number of aromatic nitrogens is 2. The van der Waals surface area contributed by atoms with E-state index in [2.05, 4.69) is 10.00 Å². The number of benzene rings is 2. The Morgan fingerprint density at radius 2 is 1.85 bits per heavy atom. The largest absolute Gasteiger partial charge is 0.388 e. The van der Waals surface area contributed by atoms with Crippen molar-refractivity contribution in [2.45, 2.75) is 25.6 Å². The van der Waals surface area contributed by atoms with Crippen molar-refractivity contribution in [1.82, 2.24) is 9.78 Å². The first-order valence-electron chi connectivity index (χ1n) is 8.82. The standard InChI is InChI=1S/C21H21N3O2/c25-20-10-11-23(15-17-8-4-5-9-19(17)20)18-12-21(26)24(22-13-18)14-16-6-2-1-3-7-16/h1-9,12-13,20,25H,10-11,14-15H2. The summed E-state index contributed by atoms with van der Waals surface area (Å²) in [6.07, 6.45) is 1.90. The summed E-state index contributed by atoms with van der Waals surface area (Å²) >= 11 is 0. The zero-order chi connectivity index (χ0) is 17.9. The average Bonchev–Trinajstić information content (AvgIpc) is 2.84. The number of nitrogens with zero attached hydrogens (tertiary/aromatic N) is 3. The topological polar surface area (TPSA) is 58.4 Å². The van der Waals surface area contributed by atoms with Gasteiger partial charge in [0.2, 0.25) is 0 Å². The van der Waals surface area contributed by atoms with E-state index in [1.165, 1.54) is 4.68 Å². The van der Waals surface area contributed by atoms with Gasteiger partial charge in [0.05, 0.1) is 24.5 Å². The van der Waals surface area contributed by atoms with Crippen molar-refractivity contribution in [2.75, 3.05) is 11.4 Å². The fourth-order valence-electron chi connectivity index (χ4n) is 3.41. The third-order valence-electron chi connectivity index (χ3n) is 4.84. The van der Waals surface area contributed by atoms with Crippen molar-refractivity contribution in [3.63, 3.8) is 0 Å². The predicted molar refractivity (Wildman–Crippen MR) is 101 cm³/mol. The van der Waals surface area contributed by atoms with Crippen molar-refractivity contribution in [3.8, 4) is 0 Å². The average molecular weight is 347 g/mol. The summed E-state index contributed by atoms with van der Waals surface area (Å²) in [6.45, 7) is 1.80. The SMILES string of the molecule is O=c1cc(N2CCC(O)c3ccccc3C2)cnn1Cc1ccccc1. The molecule has 4 rings (SSSR count). The molecule has 0 saturated carbocycles. The molecule has 5 heteroatoms. The van der Waals surface area contributed by atoms with E-state index in [0.717, 1.165) is 22.4 Å². The van der Waals surface area contributed by atoms with Gasteiger partial charge in [0.1, 0.15) is 0 Å². The lowest BCUT2D eigenvalue weighted by molar-refractivity contribution is 0.171. The molecule has 1 unspecified atom stereocenters. The number of hydrogen-bond acceptors (Lipinski definition) is 4. The van der Waals surface area contributed by atoms with Crippen molar-refractivity contribution in [2.24, 2.45) is 0 Å². The summed E-state index contributed by atoms with van der Waals surface area (Å²) in [5.41, 5.74) is 3.78. The molecular formula is C21H21N3O2. The van der Waals surface area contributed by atoms with E-state index in [0.29, 0.717) is 26.1 Å². The first-order valence-corrected chi connectivity index (χ1v) is 8.82. The van der Waals surface area contributed by atoms with Gasteiger partial charge in [-0.25, -0.2) is 4.68 Å². The molecule has 1 atom stereocenters. The maximum absolute atomic E-state index is 12.5. The Morgan fingerprint density at radius 3 is 2.65 bits per heavy atom. The van der Waals surface area contributed by atoms with Crippen LogP contribution in [0.1, 0.15) is 29.2 Å². The second kappa shape index (κ2) is 7.14. The van der Waals surface area contributed by atoms with Crippen LogP contribution in [-0.2, 0) is 13.1 Å². The molecule has 0 radical (unpaired) electrons. The van der Waals surface area contributed by atoms with Crippen molar-refractivity contribution < 1.29 is 5.11 Å². The van der Waals surface area contributed by atoms with Crippen molar-refractivity contribution in [3.05, 3.63) is 93.9 Å². The molecule has 5 nitrogen and oxygen atoms in total. The number of aliphatic hydroxyl groups is 1. The zero-order valence-electron chi connectivity index (χ0n) is 14.5. The molecule has 3 aromatic rings. The van der Waals surface area contributed by atoms with E-state index in [1.54, 1.807) is 12.3 Å². The molecule has 2 aromatic carbocycles. The highest BCUT2D eigenvalue weighted by Crippen LogP contribution is 2.28. The van der Waals surface area contributed by atoms with E-state index in [4.69, 9.17) is 0 Å². The van der Waals surface area contributed by atoms with Gasteiger partial charge in [-0.3, -0.25) is 4.79 Å². The first kappa shape index (κ1) is 16.5. The zero-order valence-corrected chi connectivity index (χ0v) is 14.5. The Bertz CT molecular complexity index is 953. The molecule has 0 amide bonds. The van der Waals surface area contributed by atoms with Crippen LogP contribution in [0, 0.1) is 0 Å². The highest BCUT2D eigenvalue weighted by atomic mass is 16.3. The molecule has 2 heterocycles.